The Kier molecular flexibility index (Phi) is 8.21. The van der Waals surface area contributed by atoms with Gasteiger partial charge in [-0.15, -0.1) is 0 Å². The molecule has 0 saturated carbocycles. The second-order valence-corrected chi connectivity index (χ2v) is 9.68. The van der Waals surface area contributed by atoms with E-state index < -0.39 is 0 Å². The lowest BCUT2D eigenvalue weighted by atomic mass is 10.1. The van der Waals surface area contributed by atoms with Crippen LogP contribution >= 0.6 is 11.6 Å². The number of hydrogen-bond donors (Lipinski definition) is 0. The predicted molar refractivity (Wildman–Crippen MR) is 139 cm³/mol. The molecule has 0 atom stereocenters. The first-order valence-corrected chi connectivity index (χ1v) is 12.6. The molecule has 1 aromatic heterocycles. The molecule has 190 valence electrons. The van der Waals surface area contributed by atoms with Crippen LogP contribution in [0.4, 0.5) is 0 Å². The second-order valence-electron chi connectivity index (χ2n) is 9.27. The van der Waals surface area contributed by atoms with Gasteiger partial charge in [0.25, 0.3) is 5.91 Å². The highest BCUT2D eigenvalue weighted by Gasteiger charge is 2.24. The van der Waals surface area contributed by atoms with Crippen molar-refractivity contribution in [3.8, 4) is 11.5 Å². The minimum atomic E-state index is -0.212. The van der Waals surface area contributed by atoms with Crippen molar-refractivity contribution in [2.45, 2.75) is 33.9 Å². The fraction of sp³-hybridized carbons (Fsp3) is 0.357. The van der Waals surface area contributed by atoms with E-state index in [9.17, 15) is 9.59 Å². The molecule has 4 rings (SSSR count). The van der Waals surface area contributed by atoms with E-state index in [1.807, 2.05) is 54.4 Å². The molecular formula is C28H32ClN3O4. The lowest BCUT2D eigenvalue weighted by Crippen LogP contribution is -2.44. The van der Waals surface area contributed by atoms with Crippen molar-refractivity contribution in [2.75, 3.05) is 26.4 Å². The molecule has 1 aliphatic rings. The third kappa shape index (κ3) is 6.02. The van der Waals surface area contributed by atoms with Gasteiger partial charge in [-0.05, 0) is 54.8 Å². The fourth-order valence-corrected chi connectivity index (χ4v) is 4.45. The van der Waals surface area contributed by atoms with Crippen LogP contribution in [-0.4, -0.2) is 52.6 Å². The Morgan fingerprint density at radius 3 is 2.56 bits per heavy atom. The van der Waals surface area contributed by atoms with Gasteiger partial charge in [-0.25, -0.2) is 0 Å². The number of ether oxygens (including phenoxy) is 2. The number of carbonyl (C=O) groups is 2. The molecule has 36 heavy (non-hydrogen) atoms. The number of carbonyl (C=O) groups excluding carboxylic acids is 2. The normalized spacial score (nSPS) is 12.1. The van der Waals surface area contributed by atoms with Gasteiger partial charge in [0, 0.05) is 42.1 Å². The lowest BCUT2D eigenvalue weighted by Gasteiger charge is -2.29. The number of fused-ring (bicyclic) bond motifs is 1. The summed E-state index contributed by atoms with van der Waals surface area (Å²) in [6.45, 7) is 8.26. The van der Waals surface area contributed by atoms with E-state index in [2.05, 4.69) is 18.4 Å². The molecule has 0 radical (unpaired) electrons. The zero-order valence-electron chi connectivity index (χ0n) is 20.9. The van der Waals surface area contributed by atoms with Crippen LogP contribution in [0, 0.1) is 5.92 Å². The van der Waals surface area contributed by atoms with Crippen molar-refractivity contribution in [1.29, 1.82) is 0 Å². The van der Waals surface area contributed by atoms with Crippen LogP contribution in [0.25, 0.3) is 0 Å². The Hall–Kier alpha value is -3.45. The van der Waals surface area contributed by atoms with Crippen LogP contribution in [-0.2, 0) is 17.9 Å². The van der Waals surface area contributed by atoms with Crippen molar-refractivity contribution < 1.29 is 19.1 Å². The van der Waals surface area contributed by atoms with Crippen molar-refractivity contribution in [1.82, 2.24) is 14.4 Å². The van der Waals surface area contributed by atoms with Crippen molar-refractivity contribution in [2.24, 2.45) is 5.92 Å². The summed E-state index contributed by atoms with van der Waals surface area (Å²) in [6.07, 6.45) is 2.00. The SMILES string of the molecule is CCN(CC(=O)N(Cc1cccn1Cc1ccccc1Cl)CC(C)C)C(=O)c1ccc2c(c1)OCO2. The average molecular weight is 510 g/mol. The molecule has 0 bridgehead atoms. The van der Waals surface area contributed by atoms with Gasteiger partial charge in [-0.2, -0.15) is 0 Å². The summed E-state index contributed by atoms with van der Waals surface area (Å²) < 4.78 is 12.9. The number of likely N-dealkylation sites (N-methyl/N-ethyl adjacent to an activating group) is 1. The maximum atomic E-state index is 13.5. The van der Waals surface area contributed by atoms with Gasteiger partial charge in [-0.3, -0.25) is 9.59 Å². The number of benzene rings is 2. The van der Waals surface area contributed by atoms with E-state index in [0.29, 0.717) is 48.3 Å². The molecule has 0 saturated heterocycles. The number of aromatic nitrogens is 1. The van der Waals surface area contributed by atoms with Gasteiger partial charge in [0.1, 0.15) is 6.54 Å². The third-order valence-electron chi connectivity index (χ3n) is 6.13. The molecule has 7 nitrogen and oxygen atoms in total. The molecule has 2 heterocycles. The molecule has 1 aliphatic heterocycles. The van der Waals surface area contributed by atoms with Gasteiger partial charge >= 0.3 is 0 Å². The van der Waals surface area contributed by atoms with Crippen molar-refractivity contribution in [3.63, 3.8) is 0 Å². The Morgan fingerprint density at radius 1 is 1.03 bits per heavy atom. The average Bonchev–Trinajstić information content (AvgIpc) is 3.51. The van der Waals surface area contributed by atoms with E-state index in [1.54, 1.807) is 23.1 Å². The number of hydrogen-bond acceptors (Lipinski definition) is 4. The van der Waals surface area contributed by atoms with Crippen LogP contribution in [0.5, 0.6) is 11.5 Å². The van der Waals surface area contributed by atoms with E-state index in [0.717, 1.165) is 11.3 Å². The van der Waals surface area contributed by atoms with Gasteiger partial charge in [0.05, 0.1) is 6.54 Å². The van der Waals surface area contributed by atoms with E-state index in [-0.39, 0.29) is 31.1 Å². The zero-order chi connectivity index (χ0) is 25.7. The minimum absolute atomic E-state index is 0.00170. The molecule has 0 N–H and O–H groups in total. The number of nitrogens with zero attached hydrogens (tertiary/aromatic N) is 3. The van der Waals surface area contributed by atoms with Gasteiger partial charge in [-0.1, -0.05) is 43.6 Å². The third-order valence-corrected chi connectivity index (χ3v) is 6.50. The largest absolute Gasteiger partial charge is 0.454 e. The topological polar surface area (TPSA) is 64.0 Å². The smallest absolute Gasteiger partial charge is 0.254 e. The Bertz CT molecular complexity index is 1220. The first kappa shape index (κ1) is 25.6. The monoisotopic (exact) mass is 509 g/mol. The van der Waals surface area contributed by atoms with E-state index in [4.69, 9.17) is 21.1 Å². The maximum Gasteiger partial charge on any atom is 0.254 e. The Balaban J connectivity index is 1.48. The Labute approximate surface area is 217 Å². The second kappa shape index (κ2) is 11.5. The number of rotatable bonds is 10. The predicted octanol–water partition coefficient (Wildman–Crippen LogP) is 5.07. The van der Waals surface area contributed by atoms with Crippen LogP contribution in [0.1, 0.15) is 42.4 Å². The summed E-state index contributed by atoms with van der Waals surface area (Å²) in [5, 5.41) is 0.716. The summed E-state index contributed by atoms with van der Waals surface area (Å²) in [4.78, 5) is 30.1. The van der Waals surface area contributed by atoms with Crippen LogP contribution < -0.4 is 9.47 Å². The van der Waals surface area contributed by atoms with Crippen LogP contribution in [0.2, 0.25) is 5.02 Å². The van der Waals surface area contributed by atoms with Gasteiger partial charge in [0.15, 0.2) is 11.5 Å². The molecule has 0 aliphatic carbocycles. The summed E-state index contributed by atoms with van der Waals surface area (Å²) in [5.41, 5.74) is 2.50. The highest BCUT2D eigenvalue weighted by Crippen LogP contribution is 2.32. The molecule has 2 amide bonds. The molecule has 0 fully saturated rings. The minimum Gasteiger partial charge on any atom is -0.454 e. The van der Waals surface area contributed by atoms with E-state index in [1.165, 1.54) is 0 Å². The molecular weight excluding hydrogens is 478 g/mol. The molecule has 3 aromatic rings. The molecule has 0 spiro atoms. The lowest BCUT2D eigenvalue weighted by molar-refractivity contribution is -0.133. The van der Waals surface area contributed by atoms with Gasteiger partial charge < -0.3 is 23.8 Å². The van der Waals surface area contributed by atoms with Crippen LogP contribution in [0.3, 0.4) is 0 Å². The molecule has 0 unspecified atom stereocenters. The van der Waals surface area contributed by atoms with Crippen molar-refractivity contribution in [3.05, 3.63) is 82.6 Å². The molecule has 2 aromatic carbocycles. The summed E-state index contributed by atoms with van der Waals surface area (Å²) in [7, 11) is 0. The first-order chi connectivity index (χ1) is 17.4. The molecule has 8 heteroatoms. The summed E-state index contributed by atoms with van der Waals surface area (Å²) >= 11 is 6.37. The van der Waals surface area contributed by atoms with Crippen molar-refractivity contribution >= 4 is 23.4 Å². The Morgan fingerprint density at radius 2 is 1.81 bits per heavy atom. The summed E-state index contributed by atoms with van der Waals surface area (Å²) in [5.74, 6) is 1.14. The maximum absolute atomic E-state index is 13.5. The summed E-state index contributed by atoms with van der Waals surface area (Å²) in [6, 6.07) is 16.9. The van der Waals surface area contributed by atoms with Crippen LogP contribution in [0.15, 0.2) is 60.8 Å². The zero-order valence-corrected chi connectivity index (χ0v) is 21.7. The fourth-order valence-electron chi connectivity index (χ4n) is 4.25. The van der Waals surface area contributed by atoms with Gasteiger partial charge in [0.2, 0.25) is 12.7 Å². The number of halogens is 1. The quantitative estimate of drug-likeness (QED) is 0.383. The highest BCUT2D eigenvalue weighted by atomic mass is 35.5. The standard InChI is InChI=1S/C28H32ClN3O4/c1-4-30(28(34)21-11-12-25-26(14-21)36-19-35-25)18-27(33)32(15-20(2)3)17-23-9-7-13-31(23)16-22-8-5-6-10-24(22)29/h5-14,20H,4,15-19H2,1-3H3. The highest BCUT2D eigenvalue weighted by molar-refractivity contribution is 6.31. The van der Waals surface area contributed by atoms with E-state index >= 15 is 0 Å². The first-order valence-electron chi connectivity index (χ1n) is 12.2. The number of amides is 2.